The molecule has 0 bridgehead atoms. The van der Waals surface area contributed by atoms with E-state index in [0.717, 1.165) is 18.0 Å². The normalized spacial score (nSPS) is 14.9. The van der Waals surface area contributed by atoms with E-state index in [4.69, 9.17) is 18.0 Å². The summed E-state index contributed by atoms with van der Waals surface area (Å²) in [5, 5.41) is 0. The van der Waals surface area contributed by atoms with E-state index in [9.17, 15) is 0 Å². The van der Waals surface area contributed by atoms with E-state index in [-0.39, 0.29) is 0 Å². The monoisotopic (exact) mass is 234 g/mol. The van der Waals surface area contributed by atoms with Gasteiger partial charge in [0.05, 0.1) is 0 Å². The molecule has 1 aliphatic carbocycles. The van der Waals surface area contributed by atoms with Crippen molar-refractivity contribution in [1.29, 1.82) is 0 Å². The molecule has 1 fully saturated rings. The molecule has 86 valence electrons. The number of aryl methyl sites for hydroxylation is 1. The second kappa shape index (κ2) is 4.42. The molecule has 0 unspecified atom stereocenters. The fourth-order valence-corrected chi connectivity index (χ4v) is 2.12. The number of hydrogen-bond acceptors (Lipinski definition) is 2. The summed E-state index contributed by atoms with van der Waals surface area (Å²) in [5.74, 6) is 0.865. The summed E-state index contributed by atoms with van der Waals surface area (Å²) in [7, 11) is 2.12. The highest BCUT2D eigenvalue weighted by Crippen LogP contribution is 2.32. The number of hydrogen-bond donors (Lipinski definition) is 1. The Balaban J connectivity index is 2.27. The van der Waals surface area contributed by atoms with Crippen molar-refractivity contribution in [3.63, 3.8) is 0 Å². The Kier molecular flexibility index (Phi) is 3.15. The van der Waals surface area contributed by atoms with Crippen molar-refractivity contribution in [2.45, 2.75) is 19.8 Å². The van der Waals surface area contributed by atoms with Crippen LogP contribution in [0.15, 0.2) is 18.2 Å². The number of benzene rings is 1. The van der Waals surface area contributed by atoms with Gasteiger partial charge in [-0.2, -0.15) is 0 Å². The van der Waals surface area contributed by atoms with Gasteiger partial charge < -0.3 is 10.6 Å². The molecule has 1 saturated carbocycles. The summed E-state index contributed by atoms with van der Waals surface area (Å²) >= 11 is 5.09. The zero-order chi connectivity index (χ0) is 11.7. The second-order valence-corrected chi connectivity index (χ2v) is 5.15. The maximum absolute atomic E-state index is 5.75. The third-order valence-corrected chi connectivity index (χ3v) is 3.28. The molecule has 0 radical (unpaired) electrons. The van der Waals surface area contributed by atoms with Crippen LogP contribution >= 0.6 is 12.2 Å². The molecule has 0 aromatic heterocycles. The second-order valence-electron chi connectivity index (χ2n) is 4.71. The average Bonchev–Trinajstić information content (AvgIpc) is 3.01. The first-order chi connectivity index (χ1) is 7.58. The first-order valence-corrected chi connectivity index (χ1v) is 6.10. The smallest absolute Gasteiger partial charge is 0.106 e. The standard InChI is InChI=1S/C13H18N2S/c1-9-3-6-11(13(14)16)12(7-9)15(2)8-10-4-5-10/h3,6-7,10H,4-5,8H2,1-2H3,(H2,14,16). The van der Waals surface area contributed by atoms with E-state index < -0.39 is 0 Å². The van der Waals surface area contributed by atoms with Crippen LogP contribution in [-0.4, -0.2) is 18.6 Å². The third-order valence-electron chi connectivity index (χ3n) is 3.06. The van der Waals surface area contributed by atoms with Crippen LogP contribution in [0.3, 0.4) is 0 Å². The van der Waals surface area contributed by atoms with Gasteiger partial charge in [0, 0.05) is 24.8 Å². The van der Waals surface area contributed by atoms with Crippen LogP contribution in [0.25, 0.3) is 0 Å². The molecule has 0 spiro atoms. The van der Waals surface area contributed by atoms with Crippen molar-refractivity contribution in [3.8, 4) is 0 Å². The molecule has 1 aliphatic rings. The van der Waals surface area contributed by atoms with E-state index in [2.05, 4.69) is 31.0 Å². The largest absolute Gasteiger partial charge is 0.389 e. The highest BCUT2D eigenvalue weighted by atomic mass is 32.1. The Bertz CT molecular complexity index is 410. The van der Waals surface area contributed by atoms with E-state index in [1.165, 1.54) is 24.1 Å². The Morgan fingerprint density at radius 2 is 2.19 bits per heavy atom. The lowest BCUT2D eigenvalue weighted by Crippen LogP contribution is -2.24. The highest BCUT2D eigenvalue weighted by Gasteiger charge is 2.24. The van der Waals surface area contributed by atoms with Crippen molar-refractivity contribution in [2.75, 3.05) is 18.5 Å². The minimum atomic E-state index is 0.484. The minimum absolute atomic E-state index is 0.484. The lowest BCUT2D eigenvalue weighted by atomic mass is 10.1. The van der Waals surface area contributed by atoms with E-state index in [0.29, 0.717) is 4.99 Å². The molecule has 1 aromatic carbocycles. The Morgan fingerprint density at radius 1 is 1.50 bits per heavy atom. The van der Waals surface area contributed by atoms with Gasteiger partial charge >= 0.3 is 0 Å². The molecule has 2 N–H and O–H groups in total. The topological polar surface area (TPSA) is 29.3 Å². The maximum atomic E-state index is 5.75. The molecule has 0 amide bonds. The van der Waals surface area contributed by atoms with Gasteiger partial charge in [0.25, 0.3) is 0 Å². The molecule has 2 rings (SSSR count). The summed E-state index contributed by atoms with van der Waals surface area (Å²) in [6.45, 7) is 3.21. The number of thiocarbonyl (C=S) groups is 1. The molecular weight excluding hydrogens is 216 g/mol. The van der Waals surface area contributed by atoms with Crippen LogP contribution in [0.1, 0.15) is 24.0 Å². The van der Waals surface area contributed by atoms with Crippen molar-refractivity contribution in [2.24, 2.45) is 11.7 Å². The molecule has 0 aliphatic heterocycles. The molecule has 0 atom stereocenters. The zero-order valence-corrected chi connectivity index (χ0v) is 10.7. The Labute approximate surface area is 102 Å². The van der Waals surface area contributed by atoms with Crippen molar-refractivity contribution < 1.29 is 0 Å². The van der Waals surface area contributed by atoms with Gasteiger partial charge in [-0.1, -0.05) is 18.3 Å². The Hall–Kier alpha value is -1.09. The van der Waals surface area contributed by atoms with Crippen molar-refractivity contribution in [1.82, 2.24) is 0 Å². The van der Waals surface area contributed by atoms with E-state index >= 15 is 0 Å². The van der Waals surface area contributed by atoms with Crippen LogP contribution in [0.4, 0.5) is 5.69 Å². The van der Waals surface area contributed by atoms with Crippen LogP contribution in [0.5, 0.6) is 0 Å². The van der Waals surface area contributed by atoms with Gasteiger partial charge in [-0.25, -0.2) is 0 Å². The first kappa shape index (κ1) is 11.4. The van der Waals surface area contributed by atoms with Crippen molar-refractivity contribution >= 4 is 22.9 Å². The van der Waals surface area contributed by atoms with Crippen LogP contribution in [0, 0.1) is 12.8 Å². The summed E-state index contributed by atoms with van der Waals surface area (Å²) in [5.41, 5.74) is 9.16. The number of anilines is 1. The first-order valence-electron chi connectivity index (χ1n) is 5.69. The SMILES string of the molecule is Cc1ccc(C(N)=S)c(N(C)CC2CC2)c1. The molecule has 0 heterocycles. The van der Waals surface area contributed by atoms with Gasteiger partial charge in [-0.05, 0) is 43.4 Å². The maximum Gasteiger partial charge on any atom is 0.106 e. The summed E-state index contributed by atoms with van der Waals surface area (Å²) in [4.78, 5) is 2.76. The fraction of sp³-hybridized carbons (Fsp3) is 0.462. The highest BCUT2D eigenvalue weighted by molar-refractivity contribution is 7.80. The van der Waals surface area contributed by atoms with Gasteiger partial charge in [-0.15, -0.1) is 0 Å². The average molecular weight is 234 g/mol. The third kappa shape index (κ3) is 2.53. The molecule has 2 nitrogen and oxygen atoms in total. The van der Waals surface area contributed by atoms with Gasteiger partial charge in [0.15, 0.2) is 0 Å². The summed E-state index contributed by atoms with van der Waals surface area (Å²) < 4.78 is 0. The lowest BCUT2D eigenvalue weighted by Gasteiger charge is -2.22. The number of nitrogens with zero attached hydrogens (tertiary/aromatic N) is 1. The fourth-order valence-electron chi connectivity index (χ4n) is 1.95. The lowest BCUT2D eigenvalue weighted by molar-refractivity contribution is 0.786. The minimum Gasteiger partial charge on any atom is -0.389 e. The Morgan fingerprint density at radius 3 is 2.75 bits per heavy atom. The summed E-state index contributed by atoms with van der Waals surface area (Å²) in [6.07, 6.45) is 2.72. The predicted molar refractivity (Wildman–Crippen MR) is 73.1 cm³/mol. The molecular formula is C13H18N2S. The van der Waals surface area contributed by atoms with E-state index in [1.54, 1.807) is 0 Å². The molecule has 16 heavy (non-hydrogen) atoms. The van der Waals surface area contributed by atoms with Gasteiger partial charge in [-0.3, -0.25) is 0 Å². The van der Waals surface area contributed by atoms with Crippen LogP contribution in [-0.2, 0) is 0 Å². The van der Waals surface area contributed by atoms with Gasteiger partial charge in [0.1, 0.15) is 4.99 Å². The molecule has 1 aromatic rings. The predicted octanol–water partition coefficient (Wildman–Crippen LogP) is 2.48. The molecule has 0 saturated heterocycles. The number of rotatable bonds is 4. The summed E-state index contributed by atoms with van der Waals surface area (Å²) in [6, 6.07) is 6.25. The van der Waals surface area contributed by atoms with Crippen molar-refractivity contribution in [3.05, 3.63) is 29.3 Å². The van der Waals surface area contributed by atoms with Crippen LogP contribution in [0.2, 0.25) is 0 Å². The molecule has 3 heteroatoms. The van der Waals surface area contributed by atoms with Crippen LogP contribution < -0.4 is 10.6 Å². The number of nitrogens with two attached hydrogens (primary N) is 1. The van der Waals surface area contributed by atoms with Gasteiger partial charge in [0.2, 0.25) is 0 Å². The van der Waals surface area contributed by atoms with E-state index in [1.807, 2.05) is 6.07 Å². The quantitative estimate of drug-likeness (QED) is 0.812. The zero-order valence-electron chi connectivity index (χ0n) is 9.86.